The lowest BCUT2D eigenvalue weighted by Gasteiger charge is -2.41. The minimum Gasteiger partial charge on any atom is -0.344 e. The number of nitrogens with one attached hydrogen (secondary N) is 1. The van der Waals surface area contributed by atoms with Crippen molar-refractivity contribution in [3.63, 3.8) is 0 Å². The van der Waals surface area contributed by atoms with Gasteiger partial charge in [0.25, 0.3) is 0 Å². The van der Waals surface area contributed by atoms with Crippen molar-refractivity contribution in [2.75, 3.05) is 18.5 Å². The van der Waals surface area contributed by atoms with Crippen molar-refractivity contribution in [2.45, 2.75) is 5.72 Å². The fourth-order valence-corrected chi connectivity index (χ4v) is 3.16. The smallest absolute Gasteiger partial charge is 0.324 e. The first-order chi connectivity index (χ1) is 10.2. The number of anilines is 1. The lowest BCUT2D eigenvalue weighted by Crippen LogP contribution is -2.52. The summed E-state index contributed by atoms with van der Waals surface area (Å²) in [6.07, 6.45) is 1.70. The molecule has 4 rings (SSSR count). The number of amides is 2. The minimum absolute atomic E-state index is 0.187. The Hall–Kier alpha value is -2.11. The molecule has 1 aromatic heterocycles. The van der Waals surface area contributed by atoms with E-state index in [9.17, 15) is 4.79 Å². The number of benzene rings is 1. The van der Waals surface area contributed by atoms with Crippen molar-refractivity contribution < 1.29 is 9.53 Å². The first-order valence-electron chi connectivity index (χ1n) is 6.66. The monoisotopic (exact) mass is 301 g/mol. The average molecular weight is 302 g/mol. The van der Waals surface area contributed by atoms with Crippen molar-refractivity contribution in [1.82, 2.24) is 9.88 Å². The van der Waals surface area contributed by atoms with Gasteiger partial charge in [0.2, 0.25) is 5.72 Å². The highest BCUT2D eigenvalue weighted by Crippen LogP contribution is 2.46. The number of pyridine rings is 1. The Kier molecular flexibility index (Phi) is 2.67. The summed E-state index contributed by atoms with van der Waals surface area (Å²) in [5.41, 5.74) is 1.20. The number of urea groups is 1. The highest BCUT2D eigenvalue weighted by atomic mass is 35.5. The minimum atomic E-state index is -0.996. The number of fused-ring (bicyclic) bond motifs is 3. The second-order valence-corrected chi connectivity index (χ2v) is 5.42. The van der Waals surface area contributed by atoms with Gasteiger partial charge in [0.05, 0.1) is 18.0 Å². The Morgan fingerprint density at radius 2 is 2.24 bits per heavy atom. The molecule has 2 aromatic rings. The SMILES string of the molecule is O=C1Nc2ccc(Cl)cc2C2(c3ccccn3)OCCN12. The predicted octanol–water partition coefficient (Wildman–Crippen LogP) is 2.81. The number of ether oxygens (including phenoxy) is 1. The molecule has 1 unspecified atom stereocenters. The van der Waals surface area contributed by atoms with Crippen LogP contribution in [0.3, 0.4) is 0 Å². The maximum absolute atomic E-state index is 12.4. The molecule has 1 aromatic carbocycles. The first-order valence-corrected chi connectivity index (χ1v) is 7.04. The van der Waals surface area contributed by atoms with E-state index in [0.29, 0.717) is 29.6 Å². The molecule has 6 heteroatoms. The van der Waals surface area contributed by atoms with E-state index in [1.165, 1.54) is 0 Å². The number of carbonyl (C=O) groups excluding carboxylic acids is 1. The molecule has 21 heavy (non-hydrogen) atoms. The van der Waals surface area contributed by atoms with Crippen LogP contribution in [-0.4, -0.2) is 29.1 Å². The van der Waals surface area contributed by atoms with Gasteiger partial charge in [0.15, 0.2) is 0 Å². The standard InChI is InChI=1S/C15H12ClN3O2/c16-10-4-5-12-11(9-10)15(13-3-1-2-6-17-13)19(7-8-21-15)14(20)18-12/h1-6,9H,7-8H2,(H,18,20). The molecular weight excluding hydrogens is 290 g/mol. The molecular formula is C15H12ClN3O2. The summed E-state index contributed by atoms with van der Waals surface area (Å²) in [5.74, 6) is 0. The summed E-state index contributed by atoms with van der Waals surface area (Å²) in [6.45, 7) is 0.963. The summed E-state index contributed by atoms with van der Waals surface area (Å²) < 4.78 is 6.03. The van der Waals surface area contributed by atoms with Gasteiger partial charge in [-0.3, -0.25) is 9.88 Å². The van der Waals surface area contributed by atoms with E-state index < -0.39 is 5.72 Å². The van der Waals surface area contributed by atoms with Crippen LogP contribution in [-0.2, 0) is 10.5 Å². The molecule has 2 amide bonds. The van der Waals surface area contributed by atoms with E-state index >= 15 is 0 Å². The van der Waals surface area contributed by atoms with Crippen molar-refractivity contribution in [1.29, 1.82) is 0 Å². The molecule has 1 N–H and O–H groups in total. The third kappa shape index (κ3) is 1.68. The Labute approximate surface area is 126 Å². The molecule has 1 atom stereocenters. The number of rotatable bonds is 1. The van der Waals surface area contributed by atoms with Gasteiger partial charge in [-0.2, -0.15) is 0 Å². The molecule has 0 aliphatic carbocycles. The molecule has 0 saturated carbocycles. The van der Waals surface area contributed by atoms with E-state index in [-0.39, 0.29) is 6.03 Å². The van der Waals surface area contributed by atoms with Crippen LogP contribution in [0.5, 0.6) is 0 Å². The zero-order valence-corrected chi connectivity index (χ0v) is 11.8. The molecule has 5 nitrogen and oxygen atoms in total. The summed E-state index contributed by atoms with van der Waals surface area (Å²) in [5, 5.41) is 3.47. The summed E-state index contributed by atoms with van der Waals surface area (Å²) >= 11 is 6.15. The summed E-state index contributed by atoms with van der Waals surface area (Å²) in [4.78, 5) is 18.4. The average Bonchev–Trinajstić information content (AvgIpc) is 2.96. The first kappa shape index (κ1) is 12.6. The number of nitrogens with zero attached hydrogens (tertiary/aromatic N) is 2. The van der Waals surface area contributed by atoms with E-state index in [0.717, 1.165) is 5.56 Å². The van der Waals surface area contributed by atoms with Crippen molar-refractivity contribution >= 4 is 23.3 Å². The maximum Gasteiger partial charge on any atom is 0.324 e. The fraction of sp³-hybridized carbons (Fsp3) is 0.200. The number of carbonyl (C=O) groups is 1. The van der Waals surface area contributed by atoms with E-state index in [4.69, 9.17) is 16.3 Å². The van der Waals surface area contributed by atoms with Crippen LogP contribution < -0.4 is 5.32 Å². The number of halogens is 1. The van der Waals surface area contributed by atoms with Gasteiger partial charge in [-0.15, -0.1) is 0 Å². The van der Waals surface area contributed by atoms with Gasteiger partial charge >= 0.3 is 6.03 Å². The molecule has 1 fully saturated rings. The Balaban J connectivity index is 2.02. The van der Waals surface area contributed by atoms with E-state index in [1.807, 2.05) is 24.3 Å². The van der Waals surface area contributed by atoms with Crippen LogP contribution in [0.2, 0.25) is 5.02 Å². The topological polar surface area (TPSA) is 54.5 Å². The number of hydrogen-bond acceptors (Lipinski definition) is 3. The molecule has 1 saturated heterocycles. The quantitative estimate of drug-likeness (QED) is 0.881. The second-order valence-electron chi connectivity index (χ2n) is 4.98. The lowest BCUT2D eigenvalue weighted by atomic mass is 9.93. The van der Waals surface area contributed by atoms with Gasteiger partial charge in [-0.1, -0.05) is 17.7 Å². The van der Waals surface area contributed by atoms with Gasteiger partial charge in [0, 0.05) is 23.3 Å². The molecule has 0 radical (unpaired) electrons. The van der Waals surface area contributed by atoms with Crippen LogP contribution in [0.15, 0.2) is 42.6 Å². The highest BCUT2D eigenvalue weighted by molar-refractivity contribution is 6.30. The zero-order chi connectivity index (χ0) is 14.4. The van der Waals surface area contributed by atoms with Gasteiger partial charge in [-0.05, 0) is 30.3 Å². The van der Waals surface area contributed by atoms with Gasteiger partial charge < -0.3 is 10.1 Å². The lowest BCUT2D eigenvalue weighted by molar-refractivity contribution is -0.0360. The Bertz CT molecular complexity index is 722. The second kappa shape index (κ2) is 4.44. The van der Waals surface area contributed by atoms with Crippen LogP contribution in [0.25, 0.3) is 0 Å². The van der Waals surface area contributed by atoms with Crippen LogP contribution in [0, 0.1) is 0 Å². The fourth-order valence-electron chi connectivity index (χ4n) is 2.99. The molecule has 3 heterocycles. The van der Waals surface area contributed by atoms with Crippen molar-refractivity contribution in [3.8, 4) is 0 Å². The Morgan fingerprint density at radius 1 is 1.33 bits per heavy atom. The van der Waals surface area contributed by atoms with Crippen molar-refractivity contribution in [3.05, 3.63) is 58.9 Å². The van der Waals surface area contributed by atoms with Crippen molar-refractivity contribution in [2.24, 2.45) is 0 Å². The largest absolute Gasteiger partial charge is 0.344 e. The molecule has 106 valence electrons. The molecule has 0 bridgehead atoms. The van der Waals surface area contributed by atoms with Crippen LogP contribution in [0.1, 0.15) is 11.3 Å². The number of hydrogen-bond donors (Lipinski definition) is 1. The Morgan fingerprint density at radius 3 is 3.05 bits per heavy atom. The molecule has 0 spiro atoms. The predicted molar refractivity (Wildman–Crippen MR) is 78.1 cm³/mol. The summed E-state index contributed by atoms with van der Waals surface area (Å²) in [6, 6.07) is 10.8. The summed E-state index contributed by atoms with van der Waals surface area (Å²) in [7, 11) is 0. The normalized spacial score (nSPS) is 23.5. The molecule has 2 aliphatic heterocycles. The maximum atomic E-state index is 12.4. The third-order valence-electron chi connectivity index (χ3n) is 3.85. The molecule has 2 aliphatic rings. The third-order valence-corrected chi connectivity index (χ3v) is 4.09. The van der Waals surface area contributed by atoms with Gasteiger partial charge in [-0.25, -0.2) is 4.79 Å². The van der Waals surface area contributed by atoms with Crippen LogP contribution >= 0.6 is 11.6 Å². The van der Waals surface area contributed by atoms with Crippen LogP contribution in [0.4, 0.5) is 10.5 Å². The zero-order valence-electron chi connectivity index (χ0n) is 11.0. The number of aromatic nitrogens is 1. The van der Waals surface area contributed by atoms with Gasteiger partial charge in [0.1, 0.15) is 0 Å². The van der Waals surface area contributed by atoms with E-state index in [1.54, 1.807) is 23.2 Å². The van der Waals surface area contributed by atoms with E-state index in [2.05, 4.69) is 10.3 Å². The highest BCUT2D eigenvalue weighted by Gasteiger charge is 2.53.